The summed E-state index contributed by atoms with van der Waals surface area (Å²) in [4.78, 5) is 16.5. The van der Waals surface area contributed by atoms with Crippen LogP contribution in [0.3, 0.4) is 0 Å². The maximum absolute atomic E-state index is 13.3. The molecule has 7 heteroatoms. The van der Waals surface area contributed by atoms with Gasteiger partial charge in [0, 0.05) is 37.8 Å². The summed E-state index contributed by atoms with van der Waals surface area (Å²) < 4.78 is 53.1. The zero-order valence-electron chi connectivity index (χ0n) is 17.0. The molecule has 1 amide bonds. The molecule has 0 atom stereocenters. The predicted octanol–water partition coefficient (Wildman–Crippen LogP) is 5.64. The molecule has 0 aliphatic carbocycles. The summed E-state index contributed by atoms with van der Waals surface area (Å²) in [6.07, 6.45) is -1.96. The first kappa shape index (κ1) is 22.3. The van der Waals surface area contributed by atoms with Crippen LogP contribution in [-0.4, -0.2) is 29.9 Å². The zero-order valence-corrected chi connectivity index (χ0v) is 17.0. The van der Waals surface area contributed by atoms with Crippen molar-refractivity contribution in [2.75, 3.05) is 18.0 Å². The minimum Gasteiger partial charge on any atom is -0.309 e. The first-order valence-corrected chi connectivity index (χ1v) is 10.2. The van der Waals surface area contributed by atoms with Crippen LogP contribution in [0.1, 0.15) is 43.7 Å². The SMILES string of the molecule is CCCC(=O)N(c1ccc(F)cc1)C1CCN(Cc2ccccc2C(F)(F)F)CC1. The molecule has 1 aliphatic rings. The van der Waals surface area contributed by atoms with Crippen molar-refractivity contribution >= 4 is 11.6 Å². The second kappa shape index (κ2) is 9.60. The summed E-state index contributed by atoms with van der Waals surface area (Å²) in [5.74, 6) is -0.371. The lowest BCUT2D eigenvalue weighted by Crippen LogP contribution is -2.47. The van der Waals surface area contributed by atoms with E-state index in [1.165, 1.54) is 24.3 Å². The molecule has 0 bridgehead atoms. The van der Waals surface area contributed by atoms with Gasteiger partial charge in [0.05, 0.1) is 5.56 Å². The van der Waals surface area contributed by atoms with Crippen LogP contribution >= 0.6 is 0 Å². The van der Waals surface area contributed by atoms with Crippen molar-refractivity contribution in [3.05, 3.63) is 65.5 Å². The van der Waals surface area contributed by atoms with E-state index < -0.39 is 11.7 Å². The van der Waals surface area contributed by atoms with Crippen LogP contribution in [0.25, 0.3) is 0 Å². The fourth-order valence-electron chi connectivity index (χ4n) is 4.01. The Kier molecular flexibility index (Phi) is 7.13. The second-order valence-corrected chi connectivity index (χ2v) is 7.65. The van der Waals surface area contributed by atoms with Gasteiger partial charge in [-0.15, -0.1) is 0 Å². The number of alkyl halides is 3. The van der Waals surface area contributed by atoms with Crippen LogP contribution in [0.5, 0.6) is 0 Å². The smallest absolute Gasteiger partial charge is 0.309 e. The quantitative estimate of drug-likeness (QED) is 0.563. The minimum atomic E-state index is -4.37. The Bertz CT molecular complexity index is 843. The standard InChI is InChI=1S/C23H26F4N2O/c1-2-5-22(30)29(19-10-8-18(24)9-11-19)20-12-14-28(15-13-20)16-17-6-3-4-7-21(17)23(25,26)27/h3-4,6-11,20H,2,5,12-16H2,1H3. The molecule has 0 aromatic heterocycles. The number of anilines is 1. The van der Waals surface area contributed by atoms with Crippen LogP contribution in [0, 0.1) is 5.82 Å². The zero-order chi connectivity index (χ0) is 21.7. The Balaban J connectivity index is 1.70. The summed E-state index contributed by atoms with van der Waals surface area (Å²) in [5, 5.41) is 0. The number of rotatable bonds is 6. The predicted molar refractivity (Wildman–Crippen MR) is 109 cm³/mol. The van der Waals surface area contributed by atoms with Gasteiger partial charge < -0.3 is 4.90 Å². The number of amides is 1. The Morgan fingerprint density at radius 3 is 2.30 bits per heavy atom. The number of likely N-dealkylation sites (tertiary alicyclic amines) is 1. The molecule has 0 radical (unpaired) electrons. The van der Waals surface area contributed by atoms with Crippen molar-refractivity contribution < 1.29 is 22.4 Å². The van der Waals surface area contributed by atoms with Crippen LogP contribution in [0.15, 0.2) is 48.5 Å². The molecule has 1 saturated heterocycles. The normalized spacial score (nSPS) is 15.9. The maximum atomic E-state index is 13.3. The molecule has 2 aromatic rings. The van der Waals surface area contributed by atoms with Crippen molar-refractivity contribution in [1.29, 1.82) is 0 Å². The average Bonchev–Trinajstić information content (AvgIpc) is 2.71. The first-order valence-electron chi connectivity index (χ1n) is 10.2. The van der Waals surface area contributed by atoms with Crippen molar-refractivity contribution in [2.45, 2.75) is 51.4 Å². The van der Waals surface area contributed by atoms with Gasteiger partial charge in [0.25, 0.3) is 0 Å². The van der Waals surface area contributed by atoms with Gasteiger partial charge in [-0.3, -0.25) is 9.69 Å². The molecule has 1 heterocycles. The number of carbonyl (C=O) groups is 1. The third kappa shape index (κ3) is 5.39. The van der Waals surface area contributed by atoms with Gasteiger partial charge in [-0.2, -0.15) is 13.2 Å². The number of hydrogen-bond donors (Lipinski definition) is 0. The highest BCUT2D eigenvalue weighted by Crippen LogP contribution is 2.33. The lowest BCUT2D eigenvalue weighted by Gasteiger charge is -2.39. The number of hydrogen-bond acceptors (Lipinski definition) is 2. The van der Waals surface area contributed by atoms with Crippen molar-refractivity contribution in [3.63, 3.8) is 0 Å². The van der Waals surface area contributed by atoms with E-state index in [9.17, 15) is 22.4 Å². The van der Waals surface area contributed by atoms with E-state index in [-0.39, 0.29) is 29.9 Å². The summed E-state index contributed by atoms with van der Waals surface area (Å²) in [5.41, 5.74) is 0.329. The van der Waals surface area contributed by atoms with Gasteiger partial charge in [0.1, 0.15) is 5.82 Å². The summed E-state index contributed by atoms with van der Waals surface area (Å²) in [6, 6.07) is 11.5. The number of piperidine rings is 1. The molecule has 0 unspecified atom stereocenters. The fourth-order valence-corrected chi connectivity index (χ4v) is 4.01. The largest absolute Gasteiger partial charge is 0.416 e. The van der Waals surface area contributed by atoms with Gasteiger partial charge in [-0.1, -0.05) is 25.1 Å². The molecule has 3 nitrogen and oxygen atoms in total. The van der Waals surface area contributed by atoms with Gasteiger partial charge in [0.2, 0.25) is 5.91 Å². The maximum Gasteiger partial charge on any atom is 0.416 e. The molecule has 2 aromatic carbocycles. The highest BCUT2D eigenvalue weighted by molar-refractivity contribution is 5.93. The Labute approximate surface area is 174 Å². The van der Waals surface area contributed by atoms with E-state index in [0.29, 0.717) is 44.5 Å². The molecule has 0 spiro atoms. The van der Waals surface area contributed by atoms with E-state index in [2.05, 4.69) is 0 Å². The van der Waals surface area contributed by atoms with Crippen LogP contribution in [-0.2, 0) is 17.5 Å². The van der Waals surface area contributed by atoms with Gasteiger partial charge in [-0.05, 0) is 55.2 Å². The van der Waals surface area contributed by atoms with Gasteiger partial charge in [-0.25, -0.2) is 4.39 Å². The Hall–Kier alpha value is -2.41. The average molecular weight is 422 g/mol. The van der Waals surface area contributed by atoms with Gasteiger partial charge in [0.15, 0.2) is 0 Å². The number of benzene rings is 2. The molecule has 162 valence electrons. The summed E-state index contributed by atoms with van der Waals surface area (Å²) in [6.45, 7) is 3.34. The van der Waals surface area contributed by atoms with Gasteiger partial charge >= 0.3 is 6.18 Å². The number of halogens is 4. The lowest BCUT2D eigenvalue weighted by molar-refractivity contribution is -0.138. The summed E-state index contributed by atoms with van der Waals surface area (Å²) >= 11 is 0. The van der Waals surface area contributed by atoms with E-state index in [1.807, 2.05) is 11.8 Å². The third-order valence-corrected chi connectivity index (χ3v) is 5.48. The van der Waals surface area contributed by atoms with Crippen LogP contribution in [0.4, 0.5) is 23.2 Å². The number of carbonyl (C=O) groups excluding carboxylic acids is 1. The molecule has 0 saturated carbocycles. The lowest BCUT2D eigenvalue weighted by atomic mass is 9.99. The second-order valence-electron chi connectivity index (χ2n) is 7.65. The molecule has 1 fully saturated rings. The minimum absolute atomic E-state index is 0.00928. The van der Waals surface area contributed by atoms with E-state index in [0.717, 1.165) is 6.07 Å². The molecule has 1 aliphatic heterocycles. The molecule has 0 N–H and O–H groups in total. The van der Waals surface area contributed by atoms with Crippen molar-refractivity contribution in [3.8, 4) is 0 Å². The molecular weight excluding hydrogens is 396 g/mol. The van der Waals surface area contributed by atoms with E-state index in [1.54, 1.807) is 23.1 Å². The highest BCUT2D eigenvalue weighted by atomic mass is 19.4. The molecule has 30 heavy (non-hydrogen) atoms. The Morgan fingerprint density at radius 2 is 1.70 bits per heavy atom. The monoisotopic (exact) mass is 422 g/mol. The summed E-state index contributed by atoms with van der Waals surface area (Å²) in [7, 11) is 0. The van der Waals surface area contributed by atoms with Crippen LogP contribution in [0.2, 0.25) is 0 Å². The topological polar surface area (TPSA) is 23.6 Å². The first-order chi connectivity index (χ1) is 14.3. The van der Waals surface area contributed by atoms with Crippen molar-refractivity contribution in [1.82, 2.24) is 4.90 Å². The highest BCUT2D eigenvalue weighted by Gasteiger charge is 2.34. The van der Waals surface area contributed by atoms with E-state index >= 15 is 0 Å². The Morgan fingerprint density at radius 1 is 1.07 bits per heavy atom. The van der Waals surface area contributed by atoms with E-state index in [4.69, 9.17) is 0 Å². The van der Waals surface area contributed by atoms with Crippen molar-refractivity contribution in [2.24, 2.45) is 0 Å². The third-order valence-electron chi connectivity index (χ3n) is 5.48. The molecule has 3 rings (SSSR count). The number of nitrogens with zero attached hydrogens (tertiary/aromatic N) is 2. The fraction of sp³-hybridized carbons (Fsp3) is 0.435. The molecular formula is C23H26F4N2O. The van der Waals surface area contributed by atoms with Crippen LogP contribution < -0.4 is 4.90 Å².